The molecule has 1 unspecified atom stereocenters. The quantitative estimate of drug-likeness (QED) is 0.763. The van der Waals surface area contributed by atoms with E-state index >= 15 is 0 Å². The number of aromatic nitrogens is 3. The number of alkyl halides is 1. The van der Waals surface area contributed by atoms with Gasteiger partial charge in [-0.2, -0.15) is 0 Å². The number of nitrogens with zero attached hydrogens (tertiary/aromatic N) is 3. The van der Waals surface area contributed by atoms with Crippen LogP contribution < -0.4 is 5.73 Å². The van der Waals surface area contributed by atoms with Crippen LogP contribution in [0.2, 0.25) is 0 Å². The van der Waals surface area contributed by atoms with Crippen molar-refractivity contribution in [3.63, 3.8) is 0 Å². The van der Waals surface area contributed by atoms with Crippen molar-refractivity contribution in [2.24, 2.45) is 5.73 Å². The van der Waals surface area contributed by atoms with Gasteiger partial charge in [0, 0.05) is 13.7 Å². The third-order valence-electron chi connectivity index (χ3n) is 1.62. The van der Waals surface area contributed by atoms with Crippen molar-refractivity contribution in [3.05, 3.63) is 11.9 Å². The molecule has 2 N–H and O–H groups in total. The molecule has 0 spiro atoms. The average molecular weight is 249 g/mol. The molecule has 6 heteroatoms. The van der Waals surface area contributed by atoms with E-state index in [1.165, 1.54) is 0 Å². The summed E-state index contributed by atoms with van der Waals surface area (Å²) < 4.78 is 6.79. The molecule has 5 nitrogen and oxygen atoms in total. The smallest absolute Gasteiger partial charge is 0.0814 e. The lowest BCUT2D eigenvalue weighted by Gasteiger charge is -2.09. The molecule has 1 heterocycles. The van der Waals surface area contributed by atoms with Gasteiger partial charge >= 0.3 is 0 Å². The van der Waals surface area contributed by atoms with Crippen molar-refractivity contribution >= 4 is 15.9 Å². The third kappa shape index (κ3) is 2.75. The summed E-state index contributed by atoms with van der Waals surface area (Å²) in [6, 6.07) is 0. The molecule has 0 aliphatic rings. The molecule has 1 atom stereocenters. The third-order valence-corrected chi connectivity index (χ3v) is 2.36. The summed E-state index contributed by atoms with van der Waals surface area (Å²) in [5.41, 5.74) is 6.42. The van der Waals surface area contributed by atoms with Gasteiger partial charge in [-0.3, -0.25) is 0 Å². The van der Waals surface area contributed by atoms with Crippen molar-refractivity contribution in [2.45, 2.75) is 11.4 Å². The maximum atomic E-state index is 5.43. The fourth-order valence-electron chi connectivity index (χ4n) is 1.04. The summed E-state index contributed by atoms with van der Waals surface area (Å²) in [6.45, 7) is 1.84. The highest BCUT2D eigenvalue weighted by molar-refractivity contribution is 9.09. The molecule has 13 heavy (non-hydrogen) atoms. The Morgan fingerprint density at radius 1 is 1.77 bits per heavy atom. The second-order valence-electron chi connectivity index (χ2n) is 2.59. The van der Waals surface area contributed by atoms with E-state index in [1.54, 1.807) is 18.0 Å². The molecule has 0 bridgehead atoms. The van der Waals surface area contributed by atoms with Crippen LogP contribution in [0.15, 0.2) is 6.20 Å². The molecule has 0 amide bonds. The van der Waals surface area contributed by atoms with E-state index in [9.17, 15) is 0 Å². The summed E-state index contributed by atoms with van der Waals surface area (Å²) in [6.07, 6.45) is 1.72. The second-order valence-corrected chi connectivity index (χ2v) is 3.70. The minimum atomic E-state index is 0.124. The largest absolute Gasteiger partial charge is 0.383 e. The first-order valence-corrected chi connectivity index (χ1v) is 4.92. The van der Waals surface area contributed by atoms with Gasteiger partial charge in [0.05, 0.1) is 29.9 Å². The summed E-state index contributed by atoms with van der Waals surface area (Å²) in [7, 11) is 1.66. The average Bonchev–Trinajstić information content (AvgIpc) is 2.54. The molecular weight excluding hydrogens is 236 g/mol. The predicted molar refractivity (Wildman–Crippen MR) is 52.6 cm³/mol. The zero-order valence-corrected chi connectivity index (χ0v) is 9.07. The van der Waals surface area contributed by atoms with Crippen LogP contribution >= 0.6 is 15.9 Å². The van der Waals surface area contributed by atoms with Gasteiger partial charge in [0.25, 0.3) is 0 Å². The summed E-state index contributed by atoms with van der Waals surface area (Å²) >= 11 is 3.48. The van der Waals surface area contributed by atoms with Crippen molar-refractivity contribution < 1.29 is 4.74 Å². The highest BCUT2D eigenvalue weighted by atomic mass is 79.9. The number of hydrogen-bond donors (Lipinski definition) is 1. The lowest BCUT2D eigenvalue weighted by Crippen LogP contribution is -2.15. The molecule has 1 aromatic heterocycles. The van der Waals surface area contributed by atoms with Gasteiger partial charge in [-0.25, -0.2) is 4.68 Å². The van der Waals surface area contributed by atoms with Crippen molar-refractivity contribution in [3.8, 4) is 0 Å². The van der Waals surface area contributed by atoms with Crippen LogP contribution in [0.1, 0.15) is 10.5 Å². The summed E-state index contributed by atoms with van der Waals surface area (Å²) in [4.78, 5) is 0.124. The monoisotopic (exact) mass is 248 g/mol. The van der Waals surface area contributed by atoms with Crippen LogP contribution in [0.25, 0.3) is 0 Å². The Morgan fingerprint density at radius 3 is 3.15 bits per heavy atom. The topological polar surface area (TPSA) is 66.0 Å². The zero-order chi connectivity index (χ0) is 9.68. The Balaban J connectivity index is 2.68. The van der Waals surface area contributed by atoms with Crippen LogP contribution in [0.5, 0.6) is 0 Å². The first kappa shape index (κ1) is 10.6. The Kier molecular flexibility index (Phi) is 4.34. The predicted octanol–water partition coefficient (Wildman–Crippen LogP) is 0.319. The number of methoxy groups -OCH3 is 1. The molecule has 0 aliphatic carbocycles. The molecule has 0 fully saturated rings. The standard InChI is InChI=1S/C7H13BrN4O/c1-13-5-6(8)7-4-10-11-12(7)3-2-9/h4,6H,2-3,5,9H2,1H3. The van der Waals surface area contributed by atoms with Gasteiger partial charge < -0.3 is 10.5 Å². The van der Waals surface area contributed by atoms with Gasteiger partial charge in [-0.05, 0) is 0 Å². The zero-order valence-electron chi connectivity index (χ0n) is 7.48. The Morgan fingerprint density at radius 2 is 2.54 bits per heavy atom. The van der Waals surface area contributed by atoms with E-state index < -0.39 is 0 Å². The van der Waals surface area contributed by atoms with Crippen molar-refractivity contribution in [1.82, 2.24) is 15.0 Å². The molecule has 74 valence electrons. The Labute approximate surface area is 85.4 Å². The van der Waals surface area contributed by atoms with Gasteiger partial charge in [-0.1, -0.05) is 21.1 Å². The van der Waals surface area contributed by atoms with Crippen LogP contribution in [-0.4, -0.2) is 35.3 Å². The van der Waals surface area contributed by atoms with Gasteiger partial charge in [0.2, 0.25) is 0 Å². The number of ether oxygens (including phenoxy) is 1. The van der Waals surface area contributed by atoms with E-state index in [1.807, 2.05) is 0 Å². The Bertz CT molecular complexity index is 252. The fraction of sp³-hybridized carbons (Fsp3) is 0.714. The molecule has 0 aliphatic heterocycles. The van der Waals surface area contributed by atoms with Gasteiger partial charge in [0.15, 0.2) is 0 Å². The molecule has 0 saturated heterocycles. The highest BCUT2D eigenvalue weighted by Crippen LogP contribution is 2.21. The first-order valence-electron chi connectivity index (χ1n) is 4.01. The Hall–Kier alpha value is -0.460. The maximum Gasteiger partial charge on any atom is 0.0814 e. The summed E-state index contributed by atoms with van der Waals surface area (Å²) in [5, 5.41) is 7.73. The van der Waals surface area contributed by atoms with Crippen LogP contribution in [-0.2, 0) is 11.3 Å². The van der Waals surface area contributed by atoms with E-state index in [2.05, 4.69) is 26.2 Å². The lowest BCUT2D eigenvalue weighted by molar-refractivity contribution is 0.199. The van der Waals surface area contributed by atoms with Crippen LogP contribution in [0.4, 0.5) is 0 Å². The van der Waals surface area contributed by atoms with E-state index in [4.69, 9.17) is 10.5 Å². The molecule has 0 aromatic carbocycles. The molecule has 0 radical (unpaired) electrons. The maximum absolute atomic E-state index is 5.43. The first-order chi connectivity index (χ1) is 6.29. The number of hydrogen-bond acceptors (Lipinski definition) is 4. The molecular formula is C7H13BrN4O. The SMILES string of the molecule is COCC(Br)c1cnnn1CCN. The molecule has 1 aromatic rings. The van der Waals surface area contributed by atoms with E-state index in [0.717, 1.165) is 5.69 Å². The van der Waals surface area contributed by atoms with E-state index in [0.29, 0.717) is 19.7 Å². The molecule has 1 rings (SSSR count). The number of nitrogens with two attached hydrogens (primary N) is 1. The van der Waals surface area contributed by atoms with Crippen LogP contribution in [0.3, 0.4) is 0 Å². The van der Waals surface area contributed by atoms with Crippen molar-refractivity contribution in [2.75, 3.05) is 20.3 Å². The fourth-order valence-corrected chi connectivity index (χ4v) is 1.65. The highest BCUT2D eigenvalue weighted by Gasteiger charge is 2.12. The number of halogens is 1. The van der Waals surface area contributed by atoms with Crippen LogP contribution in [0, 0.1) is 0 Å². The normalized spacial score (nSPS) is 13.2. The van der Waals surface area contributed by atoms with E-state index in [-0.39, 0.29) is 4.83 Å². The van der Waals surface area contributed by atoms with Crippen molar-refractivity contribution in [1.29, 1.82) is 0 Å². The number of rotatable bonds is 5. The van der Waals surface area contributed by atoms with Gasteiger partial charge in [-0.15, -0.1) is 5.10 Å². The minimum Gasteiger partial charge on any atom is -0.383 e. The minimum absolute atomic E-state index is 0.124. The lowest BCUT2D eigenvalue weighted by atomic mass is 10.3. The summed E-state index contributed by atoms with van der Waals surface area (Å²) in [5.74, 6) is 0. The second kappa shape index (κ2) is 5.31. The molecule has 0 saturated carbocycles. The van der Waals surface area contributed by atoms with Gasteiger partial charge in [0.1, 0.15) is 0 Å².